The first kappa shape index (κ1) is 21.8. The van der Waals surface area contributed by atoms with Crippen LogP contribution in [-0.4, -0.2) is 46.8 Å². The molecule has 1 aliphatic heterocycles. The monoisotopic (exact) mass is 421 g/mol. The van der Waals surface area contributed by atoms with E-state index in [1.807, 2.05) is 6.07 Å². The number of likely N-dealkylation sites (tertiary alicyclic amines) is 1. The Morgan fingerprint density at radius 2 is 1.81 bits per heavy atom. The van der Waals surface area contributed by atoms with Gasteiger partial charge in [-0.05, 0) is 43.0 Å². The van der Waals surface area contributed by atoms with Gasteiger partial charge < -0.3 is 20.1 Å². The van der Waals surface area contributed by atoms with Gasteiger partial charge in [0.1, 0.15) is 11.6 Å². The highest BCUT2D eigenvalue weighted by Crippen LogP contribution is 2.18. The molecule has 1 aromatic carbocycles. The maximum atomic E-state index is 12.6. The number of benzene rings is 1. The second kappa shape index (κ2) is 9.71. The average Bonchev–Trinajstić information content (AvgIpc) is 2.79. The Balaban J connectivity index is 1.48. The third-order valence-electron chi connectivity index (χ3n) is 5.31. The van der Waals surface area contributed by atoms with Gasteiger partial charge in [-0.2, -0.15) is 5.26 Å². The molecule has 2 N–H and O–H groups in total. The molecule has 9 heteroatoms. The Morgan fingerprint density at radius 1 is 1.10 bits per heavy atom. The van der Waals surface area contributed by atoms with Crippen molar-refractivity contribution in [2.24, 2.45) is 13.0 Å². The Bertz CT molecular complexity index is 1090. The van der Waals surface area contributed by atoms with Crippen LogP contribution in [0.5, 0.6) is 0 Å². The summed E-state index contributed by atoms with van der Waals surface area (Å²) < 4.78 is 1.37. The highest BCUT2D eigenvalue weighted by molar-refractivity contribution is 6.39. The van der Waals surface area contributed by atoms with E-state index in [4.69, 9.17) is 5.26 Å². The molecule has 9 nitrogen and oxygen atoms in total. The van der Waals surface area contributed by atoms with Gasteiger partial charge in [0.15, 0.2) is 0 Å². The van der Waals surface area contributed by atoms with Crippen LogP contribution in [0.3, 0.4) is 0 Å². The molecule has 1 saturated heterocycles. The molecule has 0 atom stereocenters. The van der Waals surface area contributed by atoms with E-state index in [-0.39, 0.29) is 34.2 Å². The lowest BCUT2D eigenvalue weighted by Gasteiger charge is -2.32. The average molecular weight is 421 g/mol. The second-order valence-corrected chi connectivity index (χ2v) is 7.40. The minimum Gasteiger partial charge on any atom is -0.348 e. The van der Waals surface area contributed by atoms with Crippen molar-refractivity contribution in [3.05, 3.63) is 64.1 Å². The van der Waals surface area contributed by atoms with Crippen molar-refractivity contribution in [2.75, 3.05) is 25.0 Å². The Hall–Kier alpha value is -3.93. The molecule has 0 saturated carbocycles. The van der Waals surface area contributed by atoms with E-state index in [0.717, 1.165) is 0 Å². The molecule has 0 bridgehead atoms. The van der Waals surface area contributed by atoms with Crippen LogP contribution >= 0.6 is 0 Å². The van der Waals surface area contributed by atoms with Gasteiger partial charge in [0.05, 0.1) is 11.3 Å². The lowest BCUT2D eigenvalue weighted by Crippen LogP contribution is -2.44. The standard InChI is InChI=1S/C22H23N5O4/c1-26-10-4-6-17(21(26)30)22(31)27-11-8-15(9-12-27)14-24-19(28)20(29)25-18-7-3-2-5-16(18)13-23/h2-7,10,15H,8-9,11-12,14H2,1H3,(H,24,28)(H,25,29). The number of nitriles is 1. The maximum absolute atomic E-state index is 12.6. The van der Waals surface area contributed by atoms with E-state index in [1.165, 1.54) is 10.6 Å². The summed E-state index contributed by atoms with van der Waals surface area (Å²) in [5, 5.41) is 14.1. The third-order valence-corrected chi connectivity index (χ3v) is 5.31. The number of aromatic nitrogens is 1. The molecule has 31 heavy (non-hydrogen) atoms. The summed E-state index contributed by atoms with van der Waals surface area (Å²) in [7, 11) is 1.60. The SMILES string of the molecule is Cn1cccc(C(=O)N2CCC(CNC(=O)C(=O)Nc3ccccc3C#N)CC2)c1=O. The predicted molar refractivity (Wildman–Crippen MR) is 113 cm³/mol. The van der Waals surface area contributed by atoms with Crippen molar-refractivity contribution in [3.8, 4) is 6.07 Å². The van der Waals surface area contributed by atoms with Gasteiger partial charge in [-0.25, -0.2) is 0 Å². The van der Waals surface area contributed by atoms with Crippen LogP contribution in [0.4, 0.5) is 5.69 Å². The van der Waals surface area contributed by atoms with E-state index in [2.05, 4.69) is 10.6 Å². The number of carbonyl (C=O) groups excluding carboxylic acids is 3. The molecule has 1 fully saturated rings. The van der Waals surface area contributed by atoms with Crippen molar-refractivity contribution < 1.29 is 14.4 Å². The van der Waals surface area contributed by atoms with Crippen molar-refractivity contribution >= 4 is 23.4 Å². The Kier molecular flexibility index (Phi) is 6.82. The first-order valence-corrected chi connectivity index (χ1v) is 9.94. The number of pyridine rings is 1. The number of rotatable bonds is 4. The van der Waals surface area contributed by atoms with Crippen LogP contribution in [-0.2, 0) is 16.6 Å². The molecule has 3 rings (SSSR count). The smallest absolute Gasteiger partial charge is 0.313 e. The van der Waals surface area contributed by atoms with Gasteiger partial charge in [-0.15, -0.1) is 0 Å². The normalized spacial score (nSPS) is 13.9. The molecule has 2 aromatic rings. The zero-order valence-corrected chi connectivity index (χ0v) is 17.1. The number of anilines is 1. The number of aryl methyl sites for hydroxylation is 1. The van der Waals surface area contributed by atoms with Gasteiger partial charge >= 0.3 is 11.8 Å². The molecular formula is C22H23N5O4. The first-order valence-electron chi connectivity index (χ1n) is 9.94. The molecule has 2 heterocycles. The number of hydrogen-bond acceptors (Lipinski definition) is 5. The number of hydrogen-bond donors (Lipinski definition) is 2. The second-order valence-electron chi connectivity index (χ2n) is 7.40. The van der Waals surface area contributed by atoms with E-state index >= 15 is 0 Å². The molecule has 0 unspecified atom stereocenters. The maximum Gasteiger partial charge on any atom is 0.313 e. The lowest BCUT2D eigenvalue weighted by molar-refractivity contribution is -0.136. The van der Waals surface area contributed by atoms with Gasteiger partial charge in [-0.1, -0.05) is 12.1 Å². The molecule has 0 spiro atoms. The number of piperidine rings is 1. The minimum atomic E-state index is -0.838. The largest absolute Gasteiger partial charge is 0.348 e. The van der Waals surface area contributed by atoms with Gasteiger partial charge in [0.2, 0.25) is 0 Å². The van der Waals surface area contributed by atoms with Crippen LogP contribution in [0.1, 0.15) is 28.8 Å². The van der Waals surface area contributed by atoms with Crippen molar-refractivity contribution in [2.45, 2.75) is 12.8 Å². The molecule has 0 radical (unpaired) electrons. The summed E-state index contributed by atoms with van der Waals surface area (Å²) in [5.74, 6) is -1.79. The van der Waals surface area contributed by atoms with Crippen molar-refractivity contribution in [1.82, 2.24) is 14.8 Å². The van der Waals surface area contributed by atoms with Crippen LogP contribution < -0.4 is 16.2 Å². The van der Waals surface area contributed by atoms with Crippen LogP contribution in [0.25, 0.3) is 0 Å². The third kappa shape index (κ3) is 5.17. The van der Waals surface area contributed by atoms with E-state index in [0.29, 0.717) is 32.5 Å². The zero-order chi connectivity index (χ0) is 22.4. The Morgan fingerprint density at radius 3 is 2.52 bits per heavy atom. The number of nitrogens with one attached hydrogen (secondary N) is 2. The van der Waals surface area contributed by atoms with E-state index in [9.17, 15) is 19.2 Å². The van der Waals surface area contributed by atoms with Gasteiger partial charge in [0.25, 0.3) is 11.5 Å². The summed E-state index contributed by atoms with van der Waals surface area (Å²) in [5.41, 5.74) is 0.370. The van der Waals surface area contributed by atoms with Crippen LogP contribution in [0.2, 0.25) is 0 Å². The summed E-state index contributed by atoms with van der Waals surface area (Å²) in [6.45, 7) is 1.25. The minimum absolute atomic E-state index is 0.116. The van der Waals surface area contributed by atoms with Crippen molar-refractivity contribution in [3.63, 3.8) is 0 Å². The van der Waals surface area contributed by atoms with Gasteiger partial charge in [0, 0.05) is 32.9 Å². The number of para-hydroxylation sites is 1. The fourth-order valence-corrected chi connectivity index (χ4v) is 3.46. The predicted octanol–water partition coefficient (Wildman–Crippen LogP) is 0.864. The van der Waals surface area contributed by atoms with E-state index in [1.54, 1.807) is 48.5 Å². The quantitative estimate of drug-likeness (QED) is 0.709. The zero-order valence-electron chi connectivity index (χ0n) is 17.1. The fraction of sp³-hybridized carbons (Fsp3) is 0.318. The number of carbonyl (C=O) groups is 3. The number of nitrogens with zero attached hydrogens (tertiary/aromatic N) is 3. The first-order chi connectivity index (χ1) is 14.9. The number of amides is 3. The topological polar surface area (TPSA) is 124 Å². The molecule has 1 aliphatic rings. The van der Waals surface area contributed by atoms with Crippen LogP contribution in [0.15, 0.2) is 47.4 Å². The fourth-order valence-electron chi connectivity index (χ4n) is 3.46. The highest BCUT2D eigenvalue weighted by Gasteiger charge is 2.26. The van der Waals surface area contributed by atoms with Gasteiger partial charge in [-0.3, -0.25) is 19.2 Å². The Labute approximate surface area is 179 Å². The summed E-state index contributed by atoms with van der Waals surface area (Å²) in [4.78, 5) is 50.6. The molecule has 160 valence electrons. The van der Waals surface area contributed by atoms with Crippen LogP contribution in [0, 0.1) is 17.2 Å². The highest BCUT2D eigenvalue weighted by atomic mass is 16.2. The lowest BCUT2D eigenvalue weighted by atomic mass is 9.96. The molecule has 0 aliphatic carbocycles. The summed E-state index contributed by atoms with van der Waals surface area (Å²) >= 11 is 0. The summed E-state index contributed by atoms with van der Waals surface area (Å²) in [6.07, 6.45) is 2.90. The summed E-state index contributed by atoms with van der Waals surface area (Å²) in [6, 6.07) is 11.6. The van der Waals surface area contributed by atoms with Crippen molar-refractivity contribution in [1.29, 1.82) is 5.26 Å². The molecular weight excluding hydrogens is 398 g/mol. The molecule has 3 amide bonds. The van der Waals surface area contributed by atoms with E-state index < -0.39 is 11.8 Å². The molecule has 1 aromatic heterocycles.